The Morgan fingerprint density at radius 1 is 1.27 bits per heavy atom. The fourth-order valence-electron chi connectivity index (χ4n) is 0.828. The van der Waals surface area contributed by atoms with E-state index in [1.165, 1.54) is 0 Å². The predicted octanol–water partition coefficient (Wildman–Crippen LogP) is 4.29. The lowest BCUT2D eigenvalue weighted by molar-refractivity contribution is 1.08. The monoisotopic (exact) mass is 208 g/mol. The van der Waals surface area contributed by atoms with E-state index in [0.717, 1.165) is 5.56 Å². The highest BCUT2D eigenvalue weighted by Gasteiger charge is 2.07. The van der Waals surface area contributed by atoms with Gasteiger partial charge in [-0.1, -0.05) is 35.3 Å². The summed E-state index contributed by atoms with van der Waals surface area (Å²) in [5, 5.41) is 1.01. The van der Waals surface area contributed by atoms with Crippen LogP contribution in [0.25, 0.3) is 0 Å². The molecule has 0 aliphatic heterocycles. The maximum atomic E-state index is 5.87. The highest BCUT2D eigenvalue weighted by Crippen LogP contribution is 2.32. The van der Waals surface area contributed by atoms with Crippen molar-refractivity contribution in [2.24, 2.45) is 0 Å². The average Bonchev–Trinajstić information content (AvgIpc) is 1.94. The molecule has 0 fully saturated rings. The highest BCUT2D eigenvalue weighted by atomic mass is 35.5. The second kappa shape index (κ2) is 3.66. The van der Waals surface area contributed by atoms with Crippen molar-refractivity contribution in [2.45, 2.75) is 12.3 Å². The molecule has 11 heavy (non-hydrogen) atoms. The normalized spacial score (nSPS) is 13.1. The minimum atomic E-state index is -0.0961. The molecule has 0 heterocycles. The molecule has 1 unspecified atom stereocenters. The molecule has 60 valence electrons. The van der Waals surface area contributed by atoms with E-state index in [1.54, 1.807) is 6.07 Å². The van der Waals surface area contributed by atoms with E-state index in [0.29, 0.717) is 10.0 Å². The van der Waals surface area contributed by atoms with Gasteiger partial charge in [-0.25, -0.2) is 0 Å². The Kier molecular flexibility index (Phi) is 3.06. The molecule has 0 N–H and O–H groups in total. The van der Waals surface area contributed by atoms with Gasteiger partial charge in [0.25, 0.3) is 0 Å². The number of hydrogen-bond acceptors (Lipinski definition) is 0. The maximum Gasteiger partial charge on any atom is 0.0639 e. The average molecular weight is 210 g/mol. The Bertz CT molecular complexity index is 256. The molecule has 0 nitrogen and oxygen atoms in total. The first-order valence-electron chi connectivity index (χ1n) is 3.21. The first-order valence-corrected chi connectivity index (χ1v) is 4.40. The van der Waals surface area contributed by atoms with Crippen molar-refractivity contribution in [2.75, 3.05) is 0 Å². The van der Waals surface area contributed by atoms with E-state index in [2.05, 4.69) is 0 Å². The van der Waals surface area contributed by atoms with Gasteiger partial charge < -0.3 is 0 Å². The third kappa shape index (κ3) is 2.02. The third-order valence-electron chi connectivity index (χ3n) is 1.41. The molecule has 0 saturated carbocycles. The van der Waals surface area contributed by atoms with E-state index in [1.807, 2.05) is 19.1 Å². The van der Waals surface area contributed by atoms with Crippen molar-refractivity contribution in [3.63, 3.8) is 0 Å². The van der Waals surface area contributed by atoms with Crippen LogP contribution in [-0.4, -0.2) is 0 Å². The molecular formula is C8H7Cl3. The van der Waals surface area contributed by atoms with Crippen LogP contribution in [0.4, 0.5) is 0 Å². The molecule has 3 heteroatoms. The molecule has 0 bridgehead atoms. The summed E-state index contributed by atoms with van der Waals surface area (Å²) in [5.74, 6) is 0. The van der Waals surface area contributed by atoms with Crippen LogP contribution >= 0.6 is 34.8 Å². The molecule has 0 spiro atoms. The smallest absolute Gasteiger partial charge is 0.0639 e. The van der Waals surface area contributed by atoms with Gasteiger partial charge in [0.1, 0.15) is 0 Å². The molecule has 0 aliphatic rings. The van der Waals surface area contributed by atoms with Crippen molar-refractivity contribution in [3.05, 3.63) is 33.8 Å². The SMILES string of the molecule is CC(Cl)c1cccc(Cl)c1Cl. The van der Waals surface area contributed by atoms with Gasteiger partial charge in [-0.3, -0.25) is 0 Å². The van der Waals surface area contributed by atoms with Gasteiger partial charge in [-0.15, -0.1) is 11.6 Å². The summed E-state index contributed by atoms with van der Waals surface area (Å²) in [6, 6.07) is 5.45. The molecule has 0 amide bonds. The van der Waals surface area contributed by atoms with Gasteiger partial charge in [-0.05, 0) is 18.6 Å². The fourth-order valence-corrected chi connectivity index (χ4v) is 1.54. The highest BCUT2D eigenvalue weighted by molar-refractivity contribution is 6.43. The van der Waals surface area contributed by atoms with E-state index >= 15 is 0 Å². The summed E-state index contributed by atoms with van der Waals surface area (Å²) >= 11 is 17.5. The second-order valence-electron chi connectivity index (χ2n) is 2.26. The van der Waals surface area contributed by atoms with E-state index in [9.17, 15) is 0 Å². The molecule has 1 rings (SSSR count). The van der Waals surface area contributed by atoms with Crippen molar-refractivity contribution in [1.82, 2.24) is 0 Å². The largest absolute Gasteiger partial charge is 0.118 e. The van der Waals surface area contributed by atoms with Crippen LogP contribution in [-0.2, 0) is 0 Å². The Balaban J connectivity index is 3.17. The van der Waals surface area contributed by atoms with Gasteiger partial charge in [-0.2, -0.15) is 0 Å². The molecular weight excluding hydrogens is 202 g/mol. The molecule has 0 aliphatic carbocycles. The van der Waals surface area contributed by atoms with Crippen LogP contribution < -0.4 is 0 Å². The van der Waals surface area contributed by atoms with Crippen LogP contribution in [0.5, 0.6) is 0 Å². The van der Waals surface area contributed by atoms with Crippen LogP contribution in [0.3, 0.4) is 0 Å². The van der Waals surface area contributed by atoms with E-state index in [4.69, 9.17) is 34.8 Å². The molecule has 0 radical (unpaired) electrons. The maximum absolute atomic E-state index is 5.87. The fraction of sp³-hybridized carbons (Fsp3) is 0.250. The van der Waals surface area contributed by atoms with Gasteiger partial charge in [0.2, 0.25) is 0 Å². The second-order valence-corrected chi connectivity index (χ2v) is 3.70. The Hall–Kier alpha value is 0.0900. The van der Waals surface area contributed by atoms with Gasteiger partial charge in [0.15, 0.2) is 0 Å². The lowest BCUT2D eigenvalue weighted by Crippen LogP contribution is -1.85. The lowest BCUT2D eigenvalue weighted by atomic mass is 10.2. The minimum Gasteiger partial charge on any atom is -0.118 e. The number of hydrogen-bond donors (Lipinski definition) is 0. The van der Waals surface area contributed by atoms with E-state index in [-0.39, 0.29) is 5.38 Å². The molecule has 0 saturated heterocycles. The van der Waals surface area contributed by atoms with Crippen LogP contribution in [0.1, 0.15) is 17.9 Å². The van der Waals surface area contributed by atoms with Crippen molar-refractivity contribution in [1.29, 1.82) is 0 Å². The standard InChI is InChI=1S/C8H7Cl3/c1-5(9)6-3-2-4-7(10)8(6)11/h2-5H,1H3. The first kappa shape index (κ1) is 9.18. The summed E-state index contributed by atoms with van der Waals surface area (Å²) in [5.41, 5.74) is 0.876. The summed E-state index contributed by atoms with van der Waals surface area (Å²) in [4.78, 5) is 0. The van der Waals surface area contributed by atoms with Crippen LogP contribution in [0.2, 0.25) is 10.0 Å². The zero-order valence-corrected chi connectivity index (χ0v) is 8.21. The third-order valence-corrected chi connectivity index (χ3v) is 2.48. The van der Waals surface area contributed by atoms with Gasteiger partial charge in [0, 0.05) is 0 Å². The van der Waals surface area contributed by atoms with Crippen LogP contribution in [0, 0.1) is 0 Å². The summed E-state index contributed by atoms with van der Waals surface area (Å²) < 4.78 is 0. The van der Waals surface area contributed by atoms with Crippen molar-refractivity contribution in [3.8, 4) is 0 Å². The Morgan fingerprint density at radius 3 is 2.36 bits per heavy atom. The van der Waals surface area contributed by atoms with Gasteiger partial charge in [0.05, 0.1) is 15.4 Å². The van der Waals surface area contributed by atoms with Crippen molar-refractivity contribution >= 4 is 34.8 Å². The zero-order chi connectivity index (χ0) is 8.43. The Morgan fingerprint density at radius 2 is 1.91 bits per heavy atom. The van der Waals surface area contributed by atoms with Gasteiger partial charge >= 0.3 is 0 Å². The predicted molar refractivity (Wildman–Crippen MR) is 50.7 cm³/mol. The summed E-state index contributed by atoms with van der Waals surface area (Å²) in [7, 11) is 0. The molecule has 0 aromatic heterocycles. The van der Waals surface area contributed by atoms with Crippen LogP contribution in [0.15, 0.2) is 18.2 Å². The molecule has 1 aromatic carbocycles. The van der Waals surface area contributed by atoms with E-state index < -0.39 is 0 Å². The lowest BCUT2D eigenvalue weighted by Gasteiger charge is -2.06. The molecule has 1 aromatic rings. The quantitative estimate of drug-likeness (QED) is 0.605. The van der Waals surface area contributed by atoms with Crippen molar-refractivity contribution < 1.29 is 0 Å². The topological polar surface area (TPSA) is 0 Å². The summed E-state index contributed by atoms with van der Waals surface area (Å²) in [6.45, 7) is 1.86. The zero-order valence-electron chi connectivity index (χ0n) is 5.94. The number of alkyl halides is 1. The number of benzene rings is 1. The minimum absolute atomic E-state index is 0.0961. The number of halogens is 3. The number of rotatable bonds is 1. The first-order chi connectivity index (χ1) is 5.13. The molecule has 1 atom stereocenters. The Labute approximate surface area is 81.1 Å². The summed E-state index contributed by atoms with van der Waals surface area (Å²) in [6.07, 6.45) is 0.